The number of rotatable bonds is 4. The van der Waals surface area contributed by atoms with Crippen LogP contribution in [-0.4, -0.2) is 24.2 Å². The Labute approximate surface area is 94.9 Å². The number of thiazole rings is 1. The Morgan fingerprint density at radius 2 is 2.47 bits per heavy atom. The summed E-state index contributed by atoms with van der Waals surface area (Å²) in [6.07, 6.45) is 3.35. The highest BCUT2D eigenvalue weighted by Gasteiger charge is 2.48. The van der Waals surface area contributed by atoms with Crippen LogP contribution in [0.1, 0.15) is 25.3 Å². The lowest BCUT2D eigenvalue weighted by Gasteiger charge is -2.51. The van der Waals surface area contributed by atoms with Gasteiger partial charge in [-0.1, -0.05) is 13.8 Å². The monoisotopic (exact) mass is 226 g/mol. The third-order valence-corrected chi connectivity index (χ3v) is 4.23. The fraction of sp³-hybridized carbons (Fsp3) is 0.727. The zero-order valence-corrected chi connectivity index (χ0v) is 10.3. The average Bonchev–Trinajstić information content (AvgIpc) is 2.69. The van der Waals surface area contributed by atoms with Crippen LogP contribution < -0.4 is 5.32 Å². The maximum absolute atomic E-state index is 5.42. The minimum atomic E-state index is 0.242. The van der Waals surface area contributed by atoms with Crippen molar-refractivity contribution in [3.05, 3.63) is 16.6 Å². The minimum absolute atomic E-state index is 0.242. The van der Waals surface area contributed by atoms with Crippen LogP contribution in [0.5, 0.6) is 0 Å². The summed E-state index contributed by atoms with van der Waals surface area (Å²) < 4.78 is 5.42. The number of hydrogen-bond acceptors (Lipinski definition) is 4. The fourth-order valence-electron chi connectivity index (χ4n) is 2.18. The van der Waals surface area contributed by atoms with Crippen LogP contribution in [0.25, 0.3) is 0 Å². The SMILES string of the molecule is COC1CC(NCc2nccs2)C1(C)C. The molecule has 2 rings (SSSR count). The molecule has 0 spiro atoms. The van der Waals surface area contributed by atoms with Crippen LogP contribution in [0.4, 0.5) is 0 Å². The maximum atomic E-state index is 5.42. The predicted molar refractivity (Wildman–Crippen MR) is 61.9 cm³/mol. The Kier molecular flexibility index (Phi) is 3.09. The van der Waals surface area contributed by atoms with E-state index < -0.39 is 0 Å². The van der Waals surface area contributed by atoms with Crippen molar-refractivity contribution in [2.45, 2.75) is 39.0 Å². The van der Waals surface area contributed by atoms with E-state index in [1.807, 2.05) is 11.6 Å². The third kappa shape index (κ3) is 2.07. The van der Waals surface area contributed by atoms with Gasteiger partial charge >= 0.3 is 0 Å². The first-order valence-corrected chi connectivity index (χ1v) is 6.17. The molecule has 0 amide bonds. The molecule has 0 saturated heterocycles. The first-order chi connectivity index (χ1) is 7.14. The summed E-state index contributed by atoms with van der Waals surface area (Å²) in [6, 6.07) is 0.548. The average molecular weight is 226 g/mol. The highest BCUT2D eigenvalue weighted by molar-refractivity contribution is 7.09. The zero-order valence-electron chi connectivity index (χ0n) is 9.49. The second-order valence-corrected chi connectivity index (χ2v) is 5.62. The maximum Gasteiger partial charge on any atom is 0.106 e. The van der Waals surface area contributed by atoms with Crippen molar-refractivity contribution in [3.8, 4) is 0 Å². The van der Waals surface area contributed by atoms with Crippen molar-refractivity contribution >= 4 is 11.3 Å². The van der Waals surface area contributed by atoms with E-state index in [2.05, 4.69) is 24.1 Å². The van der Waals surface area contributed by atoms with Gasteiger partial charge in [-0.2, -0.15) is 0 Å². The number of hydrogen-bond donors (Lipinski definition) is 1. The van der Waals surface area contributed by atoms with E-state index in [4.69, 9.17) is 4.74 Å². The van der Waals surface area contributed by atoms with Gasteiger partial charge in [0.05, 0.1) is 6.10 Å². The summed E-state index contributed by atoms with van der Waals surface area (Å²) in [7, 11) is 1.80. The third-order valence-electron chi connectivity index (χ3n) is 3.45. The van der Waals surface area contributed by atoms with Gasteiger partial charge in [0.15, 0.2) is 0 Å². The fourth-order valence-corrected chi connectivity index (χ4v) is 2.75. The molecule has 1 saturated carbocycles. The summed E-state index contributed by atoms with van der Waals surface area (Å²) in [5, 5.41) is 6.72. The molecule has 1 aromatic heterocycles. The summed E-state index contributed by atoms with van der Waals surface area (Å²) in [4.78, 5) is 4.26. The molecule has 1 aromatic rings. The molecule has 4 heteroatoms. The van der Waals surface area contributed by atoms with E-state index in [1.54, 1.807) is 18.4 Å². The first kappa shape index (κ1) is 11.0. The molecule has 0 radical (unpaired) electrons. The number of aromatic nitrogens is 1. The lowest BCUT2D eigenvalue weighted by atomic mass is 9.64. The van der Waals surface area contributed by atoms with Crippen molar-refractivity contribution < 1.29 is 4.74 Å². The normalized spacial score (nSPS) is 28.7. The molecule has 84 valence electrons. The first-order valence-electron chi connectivity index (χ1n) is 5.29. The van der Waals surface area contributed by atoms with Crippen LogP contribution in [0.3, 0.4) is 0 Å². The Balaban J connectivity index is 1.83. The van der Waals surface area contributed by atoms with E-state index >= 15 is 0 Å². The van der Waals surface area contributed by atoms with Gasteiger partial charge in [-0.25, -0.2) is 4.98 Å². The standard InChI is InChI=1S/C11H18N2OS/c1-11(2)8(6-9(11)14-3)13-7-10-12-4-5-15-10/h4-5,8-9,13H,6-7H2,1-3H3. The van der Waals surface area contributed by atoms with Crippen molar-refractivity contribution in [2.75, 3.05) is 7.11 Å². The molecule has 15 heavy (non-hydrogen) atoms. The molecule has 1 aliphatic carbocycles. The Morgan fingerprint density at radius 1 is 1.67 bits per heavy atom. The largest absolute Gasteiger partial charge is 0.381 e. The van der Waals surface area contributed by atoms with E-state index in [9.17, 15) is 0 Å². The minimum Gasteiger partial charge on any atom is -0.381 e. The van der Waals surface area contributed by atoms with Gasteiger partial charge in [-0.15, -0.1) is 11.3 Å². The Hall–Kier alpha value is -0.450. The number of ether oxygens (including phenoxy) is 1. The Morgan fingerprint density at radius 3 is 3.00 bits per heavy atom. The van der Waals surface area contributed by atoms with Gasteiger partial charge in [0, 0.05) is 36.7 Å². The molecular weight excluding hydrogens is 208 g/mol. The van der Waals surface area contributed by atoms with Gasteiger partial charge in [0.25, 0.3) is 0 Å². The van der Waals surface area contributed by atoms with E-state index in [0.29, 0.717) is 12.1 Å². The highest BCUT2D eigenvalue weighted by atomic mass is 32.1. The molecule has 1 fully saturated rings. The quantitative estimate of drug-likeness (QED) is 0.853. The highest BCUT2D eigenvalue weighted by Crippen LogP contribution is 2.42. The number of nitrogens with zero attached hydrogens (tertiary/aromatic N) is 1. The van der Waals surface area contributed by atoms with Crippen molar-refractivity contribution in [3.63, 3.8) is 0 Å². The van der Waals surface area contributed by atoms with Crippen molar-refractivity contribution in [2.24, 2.45) is 5.41 Å². The van der Waals surface area contributed by atoms with E-state index in [1.165, 1.54) is 0 Å². The molecule has 2 unspecified atom stereocenters. The lowest BCUT2D eigenvalue weighted by molar-refractivity contribution is -0.0979. The van der Waals surface area contributed by atoms with Crippen LogP contribution in [-0.2, 0) is 11.3 Å². The molecule has 0 aliphatic heterocycles. The van der Waals surface area contributed by atoms with E-state index in [-0.39, 0.29) is 5.41 Å². The van der Waals surface area contributed by atoms with Crippen LogP contribution >= 0.6 is 11.3 Å². The van der Waals surface area contributed by atoms with Crippen molar-refractivity contribution in [1.82, 2.24) is 10.3 Å². The molecule has 1 heterocycles. The van der Waals surface area contributed by atoms with Gasteiger partial charge in [0.1, 0.15) is 5.01 Å². The molecule has 3 nitrogen and oxygen atoms in total. The predicted octanol–water partition coefficient (Wildman–Crippen LogP) is 2.05. The summed E-state index contributed by atoms with van der Waals surface area (Å²) >= 11 is 1.70. The molecule has 0 aromatic carbocycles. The second kappa shape index (κ2) is 4.20. The van der Waals surface area contributed by atoms with Gasteiger partial charge < -0.3 is 10.1 Å². The topological polar surface area (TPSA) is 34.1 Å². The Bertz CT molecular complexity index is 310. The van der Waals surface area contributed by atoms with E-state index in [0.717, 1.165) is 18.0 Å². The van der Waals surface area contributed by atoms with Gasteiger partial charge in [0.2, 0.25) is 0 Å². The lowest BCUT2D eigenvalue weighted by Crippen LogP contribution is -2.60. The molecule has 1 N–H and O–H groups in total. The zero-order chi connectivity index (χ0) is 10.9. The van der Waals surface area contributed by atoms with Crippen molar-refractivity contribution in [1.29, 1.82) is 0 Å². The molecule has 0 bridgehead atoms. The summed E-state index contributed by atoms with van der Waals surface area (Å²) in [6.45, 7) is 5.39. The summed E-state index contributed by atoms with van der Waals surface area (Å²) in [5.74, 6) is 0. The van der Waals surface area contributed by atoms with Crippen LogP contribution in [0.2, 0.25) is 0 Å². The summed E-state index contributed by atoms with van der Waals surface area (Å²) in [5.41, 5.74) is 0.242. The number of nitrogens with one attached hydrogen (secondary N) is 1. The molecule has 1 aliphatic rings. The van der Waals surface area contributed by atoms with Gasteiger partial charge in [-0.3, -0.25) is 0 Å². The smallest absolute Gasteiger partial charge is 0.106 e. The van der Waals surface area contributed by atoms with Gasteiger partial charge in [-0.05, 0) is 6.42 Å². The van der Waals surface area contributed by atoms with Crippen LogP contribution in [0, 0.1) is 5.41 Å². The molecule has 2 atom stereocenters. The second-order valence-electron chi connectivity index (χ2n) is 4.64. The number of methoxy groups -OCH3 is 1. The molecular formula is C11H18N2OS. The van der Waals surface area contributed by atoms with Crippen LogP contribution in [0.15, 0.2) is 11.6 Å².